The molecule has 7 heteroatoms. The predicted octanol–water partition coefficient (Wildman–Crippen LogP) is 4.89. The number of aromatic amines is 1. The van der Waals surface area contributed by atoms with Crippen LogP contribution in [0.3, 0.4) is 0 Å². The zero-order valence-corrected chi connectivity index (χ0v) is 16.8. The lowest BCUT2D eigenvalue weighted by molar-refractivity contribution is 0.268. The van der Waals surface area contributed by atoms with Crippen molar-refractivity contribution in [1.82, 2.24) is 20.2 Å². The fourth-order valence-electron chi connectivity index (χ4n) is 4.80. The summed E-state index contributed by atoms with van der Waals surface area (Å²) in [4.78, 5) is 11.6. The van der Waals surface area contributed by atoms with Gasteiger partial charge in [-0.1, -0.05) is 17.7 Å². The van der Waals surface area contributed by atoms with Gasteiger partial charge < -0.3 is 9.64 Å². The molecule has 1 saturated heterocycles. The average molecular weight is 406 g/mol. The third-order valence-corrected chi connectivity index (χ3v) is 6.60. The Morgan fingerprint density at radius 3 is 3.10 bits per heavy atom. The van der Waals surface area contributed by atoms with E-state index in [2.05, 4.69) is 44.1 Å². The van der Waals surface area contributed by atoms with Crippen LogP contribution in [-0.4, -0.2) is 39.4 Å². The smallest absolute Gasteiger partial charge is 0.151 e. The van der Waals surface area contributed by atoms with Crippen molar-refractivity contribution in [3.8, 4) is 16.9 Å². The highest BCUT2D eigenvalue weighted by Gasteiger charge is 2.32. The van der Waals surface area contributed by atoms with Gasteiger partial charge in [-0.15, -0.1) is 0 Å². The van der Waals surface area contributed by atoms with Crippen LogP contribution < -0.4 is 9.64 Å². The summed E-state index contributed by atoms with van der Waals surface area (Å²) in [6.07, 6.45) is 7.00. The summed E-state index contributed by atoms with van der Waals surface area (Å²) in [5, 5.41) is 9.85. The summed E-state index contributed by atoms with van der Waals surface area (Å²) in [7, 11) is 0. The lowest BCUT2D eigenvalue weighted by Gasteiger charge is -2.34. The molecular formula is C22H20ClN5O. The van der Waals surface area contributed by atoms with E-state index < -0.39 is 0 Å². The molecule has 2 aliphatic rings. The molecule has 0 unspecified atom stereocenters. The van der Waals surface area contributed by atoms with Crippen LogP contribution in [0.2, 0.25) is 5.02 Å². The quantitative estimate of drug-likeness (QED) is 0.488. The Hall–Kier alpha value is -2.86. The van der Waals surface area contributed by atoms with Crippen LogP contribution in [0, 0.1) is 6.92 Å². The van der Waals surface area contributed by atoms with E-state index in [0.717, 1.165) is 57.3 Å². The van der Waals surface area contributed by atoms with E-state index in [0.29, 0.717) is 23.4 Å². The summed E-state index contributed by atoms with van der Waals surface area (Å²) in [6.45, 7) is 3.70. The Labute approximate surface area is 172 Å². The monoisotopic (exact) mass is 405 g/mol. The fourth-order valence-corrected chi connectivity index (χ4v) is 5.10. The number of ether oxygens (including phenoxy) is 1. The van der Waals surface area contributed by atoms with Gasteiger partial charge in [-0.25, -0.2) is 9.97 Å². The summed E-state index contributed by atoms with van der Waals surface area (Å²) in [5.74, 6) is 1.64. The first kappa shape index (κ1) is 17.0. The zero-order valence-electron chi connectivity index (χ0n) is 16.1. The van der Waals surface area contributed by atoms with E-state index in [1.807, 2.05) is 12.3 Å². The first-order valence-electron chi connectivity index (χ1n) is 10.0. The molecule has 0 saturated carbocycles. The number of benzene rings is 2. The highest BCUT2D eigenvalue weighted by molar-refractivity contribution is 6.37. The molecule has 4 heterocycles. The SMILES string of the molecule is Cc1ccc2[nH]ncc2c1-c1cc2ncnc3c2c(c1Cl)OC[C@@H]1CCCCN31. The predicted molar refractivity (Wildman–Crippen MR) is 115 cm³/mol. The molecule has 6 nitrogen and oxygen atoms in total. The molecule has 6 rings (SSSR count). The fraction of sp³-hybridized carbons (Fsp3) is 0.318. The van der Waals surface area contributed by atoms with Gasteiger partial charge in [-0.2, -0.15) is 5.10 Å². The van der Waals surface area contributed by atoms with Crippen LogP contribution in [0.1, 0.15) is 24.8 Å². The van der Waals surface area contributed by atoms with Crippen molar-refractivity contribution >= 4 is 39.2 Å². The van der Waals surface area contributed by atoms with E-state index in [4.69, 9.17) is 16.3 Å². The second-order valence-electron chi connectivity index (χ2n) is 7.90. The van der Waals surface area contributed by atoms with Crippen LogP contribution in [0.25, 0.3) is 32.9 Å². The van der Waals surface area contributed by atoms with Gasteiger partial charge in [-0.3, -0.25) is 5.10 Å². The summed E-state index contributed by atoms with van der Waals surface area (Å²) >= 11 is 7.01. The number of hydrogen-bond acceptors (Lipinski definition) is 5. The van der Waals surface area contributed by atoms with Crippen LogP contribution in [0.15, 0.2) is 30.7 Å². The number of piperidine rings is 1. The van der Waals surface area contributed by atoms with Gasteiger partial charge in [0.25, 0.3) is 0 Å². The van der Waals surface area contributed by atoms with Gasteiger partial charge in [0.05, 0.1) is 33.7 Å². The van der Waals surface area contributed by atoms with E-state index in [1.54, 1.807) is 6.33 Å². The second kappa shape index (κ2) is 6.32. The summed E-state index contributed by atoms with van der Waals surface area (Å²) < 4.78 is 6.34. The molecule has 146 valence electrons. The normalized spacial score (nSPS) is 18.6. The standard InChI is InChI=1S/C22H20ClN5O/c1-12-5-6-16-15(9-26-27-16)18(12)14-8-17-19-21(20(14)23)29-10-13-4-2-3-7-28(13)22(19)25-11-24-17/h5-6,8-9,11,13H,2-4,7,10H2,1H3,(H,26,27)/t13-/m0/s1. The van der Waals surface area contributed by atoms with Crippen molar-refractivity contribution in [2.75, 3.05) is 18.1 Å². The minimum atomic E-state index is 0.327. The third kappa shape index (κ3) is 2.45. The van der Waals surface area contributed by atoms with Gasteiger partial charge in [0.2, 0.25) is 0 Å². The Kier molecular flexibility index (Phi) is 3.71. The van der Waals surface area contributed by atoms with Crippen LogP contribution in [-0.2, 0) is 0 Å². The van der Waals surface area contributed by atoms with Gasteiger partial charge >= 0.3 is 0 Å². The maximum Gasteiger partial charge on any atom is 0.151 e. The largest absolute Gasteiger partial charge is 0.489 e. The van der Waals surface area contributed by atoms with Crippen molar-refractivity contribution < 1.29 is 4.74 Å². The van der Waals surface area contributed by atoms with Gasteiger partial charge in [0, 0.05) is 17.5 Å². The molecule has 1 N–H and O–H groups in total. The second-order valence-corrected chi connectivity index (χ2v) is 8.28. The van der Waals surface area contributed by atoms with Crippen LogP contribution in [0.5, 0.6) is 5.75 Å². The number of aryl methyl sites for hydroxylation is 1. The van der Waals surface area contributed by atoms with E-state index >= 15 is 0 Å². The maximum atomic E-state index is 7.01. The van der Waals surface area contributed by atoms with Gasteiger partial charge in [-0.05, 0) is 49.4 Å². The van der Waals surface area contributed by atoms with Crippen molar-refractivity contribution in [1.29, 1.82) is 0 Å². The molecule has 1 atom stereocenters. The molecule has 1 fully saturated rings. The van der Waals surface area contributed by atoms with Gasteiger partial charge in [0.15, 0.2) is 5.75 Å². The van der Waals surface area contributed by atoms with Crippen LogP contribution in [0.4, 0.5) is 5.82 Å². The highest BCUT2D eigenvalue weighted by atomic mass is 35.5. The number of hydrogen-bond donors (Lipinski definition) is 1. The lowest BCUT2D eigenvalue weighted by Crippen LogP contribution is -2.42. The molecule has 0 amide bonds. The number of rotatable bonds is 1. The van der Waals surface area contributed by atoms with Crippen molar-refractivity contribution in [3.63, 3.8) is 0 Å². The lowest BCUT2D eigenvalue weighted by atomic mass is 9.95. The first-order chi connectivity index (χ1) is 14.2. The molecular weight excluding hydrogens is 386 g/mol. The number of H-pyrrole nitrogens is 1. The number of aromatic nitrogens is 4. The Balaban J connectivity index is 1.66. The highest BCUT2D eigenvalue weighted by Crippen LogP contribution is 2.47. The first-order valence-corrected chi connectivity index (χ1v) is 10.4. The zero-order chi connectivity index (χ0) is 19.5. The Morgan fingerprint density at radius 2 is 2.17 bits per heavy atom. The maximum absolute atomic E-state index is 7.01. The molecule has 0 bridgehead atoms. The number of nitrogens with one attached hydrogen (secondary N) is 1. The molecule has 0 radical (unpaired) electrons. The topological polar surface area (TPSA) is 66.9 Å². The molecule has 0 spiro atoms. The molecule has 2 aromatic carbocycles. The van der Waals surface area contributed by atoms with Crippen molar-refractivity contribution in [2.45, 2.75) is 32.2 Å². The van der Waals surface area contributed by atoms with E-state index in [9.17, 15) is 0 Å². The molecule has 0 aliphatic carbocycles. The van der Waals surface area contributed by atoms with Crippen molar-refractivity contribution in [3.05, 3.63) is 41.3 Å². The number of halogens is 1. The number of fused-ring (bicyclic) bond motifs is 3. The van der Waals surface area contributed by atoms with Crippen LogP contribution >= 0.6 is 11.6 Å². The average Bonchev–Trinajstić information content (AvgIpc) is 3.14. The molecule has 2 aromatic heterocycles. The minimum absolute atomic E-state index is 0.327. The summed E-state index contributed by atoms with van der Waals surface area (Å²) in [5.41, 5.74) is 4.95. The van der Waals surface area contributed by atoms with Crippen molar-refractivity contribution in [2.24, 2.45) is 0 Å². The Morgan fingerprint density at radius 1 is 1.24 bits per heavy atom. The van der Waals surface area contributed by atoms with Gasteiger partial charge in [0.1, 0.15) is 18.8 Å². The number of nitrogens with zero attached hydrogens (tertiary/aromatic N) is 4. The van der Waals surface area contributed by atoms with E-state index in [-0.39, 0.29) is 0 Å². The minimum Gasteiger partial charge on any atom is -0.489 e. The molecule has 4 aromatic rings. The Bertz CT molecular complexity index is 1270. The third-order valence-electron chi connectivity index (χ3n) is 6.22. The molecule has 2 aliphatic heterocycles. The summed E-state index contributed by atoms with van der Waals surface area (Å²) in [6, 6.07) is 6.52. The number of anilines is 1. The van der Waals surface area contributed by atoms with E-state index in [1.165, 1.54) is 12.8 Å². The molecule has 29 heavy (non-hydrogen) atoms.